The molecule has 0 aromatic heterocycles. The first kappa shape index (κ1) is 12.9. The Morgan fingerprint density at radius 2 is 2.00 bits per heavy atom. The molecule has 1 saturated heterocycles. The molecule has 0 aliphatic carbocycles. The van der Waals surface area contributed by atoms with Crippen LogP contribution < -0.4 is 10.1 Å². The molecule has 104 valence electrons. The van der Waals surface area contributed by atoms with Crippen molar-refractivity contribution < 1.29 is 14.6 Å². The van der Waals surface area contributed by atoms with Crippen LogP contribution in [-0.2, 0) is 4.79 Å². The number of nitrogens with one attached hydrogen (secondary N) is 1. The predicted octanol–water partition coefficient (Wildman–Crippen LogP) is 2.38. The third-order valence-electron chi connectivity index (χ3n) is 3.99. The number of hydrogen-bond donors (Lipinski definition) is 2. The summed E-state index contributed by atoms with van der Waals surface area (Å²) >= 11 is 0. The van der Waals surface area contributed by atoms with Crippen LogP contribution in [0, 0.1) is 0 Å². The van der Waals surface area contributed by atoms with Crippen LogP contribution in [0.4, 0.5) is 0 Å². The molecule has 20 heavy (non-hydrogen) atoms. The minimum Gasteiger partial charge on any atom is -0.497 e. The van der Waals surface area contributed by atoms with Crippen LogP contribution >= 0.6 is 0 Å². The molecule has 4 nitrogen and oxygen atoms in total. The molecule has 0 bridgehead atoms. The quantitative estimate of drug-likeness (QED) is 0.900. The Morgan fingerprint density at radius 3 is 2.75 bits per heavy atom. The Bertz CT molecular complexity index is 653. The van der Waals surface area contributed by atoms with Gasteiger partial charge in [-0.1, -0.05) is 24.3 Å². The largest absolute Gasteiger partial charge is 0.497 e. The maximum atomic E-state index is 11.3. The molecule has 0 saturated carbocycles. The monoisotopic (exact) mass is 271 g/mol. The van der Waals surface area contributed by atoms with E-state index in [0.717, 1.165) is 35.1 Å². The first-order valence-corrected chi connectivity index (χ1v) is 6.73. The molecule has 1 fully saturated rings. The summed E-state index contributed by atoms with van der Waals surface area (Å²) in [5.74, 6) is 0.0949. The average molecular weight is 271 g/mol. The smallest absolute Gasteiger partial charge is 0.321 e. The van der Waals surface area contributed by atoms with Gasteiger partial charge in [0.05, 0.1) is 7.11 Å². The zero-order chi connectivity index (χ0) is 14.1. The van der Waals surface area contributed by atoms with Crippen molar-refractivity contribution in [3.05, 3.63) is 42.0 Å². The zero-order valence-electron chi connectivity index (χ0n) is 11.3. The van der Waals surface area contributed by atoms with Crippen LogP contribution in [0.15, 0.2) is 36.4 Å². The highest BCUT2D eigenvalue weighted by molar-refractivity contribution is 5.85. The highest BCUT2D eigenvalue weighted by Crippen LogP contribution is 2.31. The summed E-state index contributed by atoms with van der Waals surface area (Å²) in [6.45, 7) is 0.752. The summed E-state index contributed by atoms with van der Waals surface area (Å²) in [7, 11) is 1.65. The lowest BCUT2D eigenvalue weighted by Crippen LogP contribution is -2.34. The van der Waals surface area contributed by atoms with Crippen LogP contribution in [-0.4, -0.2) is 30.8 Å². The lowest BCUT2D eigenvalue weighted by molar-refractivity contribution is -0.139. The molecule has 4 heteroatoms. The molecular weight excluding hydrogens is 254 g/mol. The van der Waals surface area contributed by atoms with Crippen LogP contribution in [0.1, 0.15) is 17.9 Å². The number of carboxylic acids is 1. The van der Waals surface area contributed by atoms with E-state index in [1.165, 1.54) is 0 Å². The van der Waals surface area contributed by atoms with Crippen molar-refractivity contribution in [1.29, 1.82) is 0 Å². The van der Waals surface area contributed by atoms with Crippen molar-refractivity contribution in [2.24, 2.45) is 0 Å². The Morgan fingerprint density at radius 1 is 1.25 bits per heavy atom. The van der Waals surface area contributed by atoms with Gasteiger partial charge >= 0.3 is 5.97 Å². The van der Waals surface area contributed by atoms with Crippen molar-refractivity contribution in [3.63, 3.8) is 0 Å². The van der Waals surface area contributed by atoms with Crippen LogP contribution in [0.3, 0.4) is 0 Å². The van der Waals surface area contributed by atoms with Gasteiger partial charge in [0, 0.05) is 5.92 Å². The lowest BCUT2D eigenvalue weighted by atomic mass is 9.90. The summed E-state index contributed by atoms with van der Waals surface area (Å²) in [5.41, 5.74) is 1.08. The van der Waals surface area contributed by atoms with Gasteiger partial charge in [0.2, 0.25) is 0 Å². The van der Waals surface area contributed by atoms with Gasteiger partial charge < -0.3 is 15.2 Å². The standard InChI is InChI=1S/C16H17NO3/c1-20-13-5-4-10-8-12(3-2-11(10)9-13)14-6-7-17-15(14)16(18)19/h2-5,8-9,14-15,17H,6-7H2,1H3,(H,18,19). The van der Waals surface area contributed by atoms with Crippen LogP contribution in [0.2, 0.25) is 0 Å². The van der Waals surface area contributed by atoms with Gasteiger partial charge in [-0.05, 0) is 41.4 Å². The van der Waals surface area contributed by atoms with Crippen LogP contribution in [0.25, 0.3) is 10.8 Å². The summed E-state index contributed by atoms with van der Waals surface area (Å²) in [4.78, 5) is 11.3. The SMILES string of the molecule is COc1ccc2cc(C3CCNC3C(=O)O)ccc2c1. The fraction of sp³-hybridized carbons (Fsp3) is 0.312. The van der Waals surface area contributed by atoms with E-state index < -0.39 is 12.0 Å². The van der Waals surface area contributed by atoms with Crippen molar-refractivity contribution in [2.45, 2.75) is 18.4 Å². The number of ether oxygens (including phenoxy) is 1. The summed E-state index contributed by atoms with van der Waals surface area (Å²) < 4.78 is 5.21. The van der Waals surface area contributed by atoms with E-state index in [1.54, 1.807) is 7.11 Å². The van der Waals surface area contributed by atoms with Gasteiger partial charge in [0.1, 0.15) is 11.8 Å². The fourth-order valence-corrected chi connectivity index (χ4v) is 2.92. The highest BCUT2D eigenvalue weighted by atomic mass is 16.5. The Labute approximate surface area is 117 Å². The second-order valence-corrected chi connectivity index (χ2v) is 5.14. The maximum Gasteiger partial charge on any atom is 0.321 e. The Hall–Kier alpha value is -2.07. The second-order valence-electron chi connectivity index (χ2n) is 5.14. The first-order chi connectivity index (χ1) is 9.69. The molecule has 1 aliphatic rings. The molecule has 2 atom stereocenters. The van der Waals surface area contributed by atoms with E-state index in [9.17, 15) is 9.90 Å². The number of rotatable bonds is 3. The summed E-state index contributed by atoms with van der Waals surface area (Å²) in [6.07, 6.45) is 0.860. The second kappa shape index (κ2) is 5.13. The number of carbonyl (C=O) groups is 1. The average Bonchev–Trinajstić information content (AvgIpc) is 2.95. The van der Waals surface area contributed by atoms with Gasteiger partial charge in [0.25, 0.3) is 0 Å². The molecule has 0 amide bonds. The topological polar surface area (TPSA) is 58.6 Å². The predicted molar refractivity (Wildman–Crippen MR) is 77.3 cm³/mol. The van der Waals surface area contributed by atoms with Gasteiger partial charge in [-0.25, -0.2) is 0 Å². The molecule has 0 radical (unpaired) electrons. The fourth-order valence-electron chi connectivity index (χ4n) is 2.92. The molecule has 0 spiro atoms. The van der Waals surface area contributed by atoms with Crippen molar-refractivity contribution in [3.8, 4) is 5.75 Å². The number of methoxy groups -OCH3 is 1. The Kier molecular flexibility index (Phi) is 3.32. The third-order valence-corrected chi connectivity index (χ3v) is 3.99. The Balaban J connectivity index is 1.98. The number of aliphatic carboxylic acids is 1. The van der Waals surface area contributed by atoms with E-state index in [4.69, 9.17) is 4.74 Å². The van der Waals surface area contributed by atoms with Crippen molar-refractivity contribution in [1.82, 2.24) is 5.32 Å². The van der Waals surface area contributed by atoms with Crippen LogP contribution in [0.5, 0.6) is 5.75 Å². The summed E-state index contributed by atoms with van der Waals surface area (Å²) in [6, 6.07) is 11.6. The molecule has 1 aliphatic heterocycles. The normalized spacial score (nSPS) is 22.1. The molecule has 2 aromatic rings. The van der Waals surface area contributed by atoms with Gasteiger partial charge in [-0.3, -0.25) is 4.79 Å². The van der Waals surface area contributed by atoms with E-state index in [1.807, 2.05) is 30.3 Å². The minimum absolute atomic E-state index is 0.0407. The first-order valence-electron chi connectivity index (χ1n) is 6.73. The summed E-state index contributed by atoms with van der Waals surface area (Å²) in [5, 5.41) is 14.5. The zero-order valence-corrected chi connectivity index (χ0v) is 11.3. The number of benzene rings is 2. The molecule has 2 unspecified atom stereocenters. The van der Waals surface area contributed by atoms with Gasteiger partial charge in [0.15, 0.2) is 0 Å². The minimum atomic E-state index is -0.776. The van der Waals surface area contributed by atoms with Gasteiger partial charge in [-0.2, -0.15) is 0 Å². The molecule has 2 N–H and O–H groups in total. The third kappa shape index (κ3) is 2.23. The maximum absolute atomic E-state index is 11.3. The number of hydrogen-bond acceptors (Lipinski definition) is 3. The van der Waals surface area contributed by atoms with E-state index in [2.05, 4.69) is 11.4 Å². The highest BCUT2D eigenvalue weighted by Gasteiger charge is 2.33. The molecule has 3 rings (SSSR count). The van der Waals surface area contributed by atoms with E-state index in [-0.39, 0.29) is 5.92 Å². The number of carboxylic acid groups (broad SMARTS) is 1. The van der Waals surface area contributed by atoms with Crippen molar-refractivity contribution >= 4 is 16.7 Å². The van der Waals surface area contributed by atoms with Crippen molar-refractivity contribution in [2.75, 3.05) is 13.7 Å². The van der Waals surface area contributed by atoms with E-state index in [0.29, 0.717) is 0 Å². The van der Waals surface area contributed by atoms with E-state index >= 15 is 0 Å². The molecule has 2 aromatic carbocycles. The molecular formula is C16H17NO3. The molecule has 1 heterocycles. The number of fused-ring (bicyclic) bond motifs is 1. The van der Waals surface area contributed by atoms with Gasteiger partial charge in [-0.15, -0.1) is 0 Å². The lowest BCUT2D eigenvalue weighted by Gasteiger charge is -2.16.